The van der Waals surface area contributed by atoms with Gasteiger partial charge in [0, 0.05) is 31.9 Å². The monoisotopic (exact) mass is 393 g/mol. The van der Waals surface area contributed by atoms with E-state index in [0.29, 0.717) is 17.3 Å². The molecule has 5 nitrogen and oxygen atoms in total. The Labute approximate surface area is 156 Å². The lowest BCUT2D eigenvalue weighted by atomic mass is 10.2. The zero-order chi connectivity index (χ0) is 17.3. The van der Waals surface area contributed by atoms with Crippen LogP contribution in [0.25, 0.3) is 5.70 Å². The molecule has 25 heavy (non-hydrogen) atoms. The molecular weight excluding hydrogens is 374 g/mol. The van der Waals surface area contributed by atoms with Crippen molar-refractivity contribution in [2.24, 2.45) is 0 Å². The van der Waals surface area contributed by atoms with Crippen molar-refractivity contribution in [3.63, 3.8) is 0 Å². The van der Waals surface area contributed by atoms with Gasteiger partial charge in [-0.15, -0.1) is 11.3 Å². The first-order chi connectivity index (χ1) is 12.1. The number of hydrogen-bond acceptors (Lipinski definition) is 6. The predicted molar refractivity (Wildman–Crippen MR) is 104 cm³/mol. The maximum atomic E-state index is 12.6. The lowest BCUT2D eigenvalue weighted by Crippen LogP contribution is -2.53. The average molecular weight is 394 g/mol. The molecule has 3 heterocycles. The Morgan fingerprint density at radius 1 is 1.00 bits per heavy atom. The Kier molecular flexibility index (Phi) is 4.88. The summed E-state index contributed by atoms with van der Waals surface area (Å²) in [4.78, 5) is 2.30. The van der Waals surface area contributed by atoms with Crippen molar-refractivity contribution >= 4 is 38.8 Å². The normalized spacial score (nSPS) is 22.6. The van der Waals surface area contributed by atoms with Crippen LogP contribution in [-0.4, -0.2) is 49.3 Å². The van der Waals surface area contributed by atoms with Gasteiger partial charge in [0.1, 0.15) is 9.71 Å². The number of sulfonamides is 1. The van der Waals surface area contributed by atoms with Crippen LogP contribution in [0.2, 0.25) is 0 Å². The molecule has 8 heteroatoms. The van der Waals surface area contributed by atoms with E-state index in [4.69, 9.17) is 0 Å². The van der Waals surface area contributed by atoms with E-state index in [2.05, 4.69) is 27.8 Å². The number of thioether (sulfide) groups is 1. The smallest absolute Gasteiger partial charge is 0.252 e. The van der Waals surface area contributed by atoms with Crippen molar-refractivity contribution in [1.82, 2.24) is 14.5 Å². The molecular formula is C17H19N3O2S3. The van der Waals surface area contributed by atoms with E-state index in [-0.39, 0.29) is 5.50 Å². The van der Waals surface area contributed by atoms with Gasteiger partial charge in [-0.1, -0.05) is 48.2 Å². The van der Waals surface area contributed by atoms with Gasteiger partial charge in [0.05, 0.1) is 0 Å². The second kappa shape index (κ2) is 7.13. The second-order valence-electron chi connectivity index (χ2n) is 5.90. The summed E-state index contributed by atoms with van der Waals surface area (Å²) in [5, 5.41) is 7.49. The van der Waals surface area contributed by atoms with Crippen LogP contribution in [0.15, 0.2) is 57.5 Å². The molecule has 0 saturated carbocycles. The molecule has 1 unspecified atom stereocenters. The molecule has 0 bridgehead atoms. The van der Waals surface area contributed by atoms with Gasteiger partial charge >= 0.3 is 0 Å². The van der Waals surface area contributed by atoms with E-state index in [1.807, 2.05) is 18.2 Å². The van der Waals surface area contributed by atoms with E-state index in [0.717, 1.165) is 18.8 Å². The van der Waals surface area contributed by atoms with Gasteiger partial charge in [-0.05, 0) is 22.4 Å². The highest BCUT2D eigenvalue weighted by Crippen LogP contribution is 2.30. The molecule has 2 aliphatic rings. The summed E-state index contributed by atoms with van der Waals surface area (Å²) in [7, 11) is -3.33. The predicted octanol–water partition coefficient (Wildman–Crippen LogP) is 2.67. The molecule has 132 valence electrons. The minimum Gasteiger partial charge on any atom is -0.360 e. The lowest BCUT2D eigenvalue weighted by molar-refractivity contribution is 0.170. The SMILES string of the molecule is O=S(=O)(c1cccs1)N1CCN(C2NC(c3ccccc3)=CS2)CC1. The van der Waals surface area contributed by atoms with Gasteiger partial charge in [0.2, 0.25) is 0 Å². The zero-order valence-corrected chi connectivity index (χ0v) is 16.0. The lowest BCUT2D eigenvalue weighted by Gasteiger charge is -2.36. The van der Waals surface area contributed by atoms with Gasteiger partial charge in [-0.2, -0.15) is 4.31 Å². The highest BCUT2D eigenvalue weighted by molar-refractivity contribution is 8.03. The Morgan fingerprint density at radius 3 is 2.44 bits per heavy atom. The number of hydrogen-bond donors (Lipinski definition) is 1. The number of thiophene rings is 1. The maximum absolute atomic E-state index is 12.6. The number of benzene rings is 1. The Hall–Kier alpha value is -1.32. The first kappa shape index (κ1) is 17.1. The molecule has 0 amide bonds. The molecule has 2 aliphatic heterocycles. The van der Waals surface area contributed by atoms with E-state index < -0.39 is 10.0 Å². The summed E-state index contributed by atoms with van der Waals surface area (Å²) in [5.74, 6) is 0. The van der Waals surface area contributed by atoms with Crippen LogP contribution in [0.5, 0.6) is 0 Å². The fourth-order valence-electron chi connectivity index (χ4n) is 3.00. The van der Waals surface area contributed by atoms with Crippen LogP contribution in [0.1, 0.15) is 5.56 Å². The Bertz CT molecular complexity index is 843. The van der Waals surface area contributed by atoms with Crippen LogP contribution in [0, 0.1) is 0 Å². The van der Waals surface area contributed by atoms with E-state index >= 15 is 0 Å². The van der Waals surface area contributed by atoms with Crippen LogP contribution in [-0.2, 0) is 10.0 Å². The number of rotatable bonds is 4. The molecule has 1 atom stereocenters. The van der Waals surface area contributed by atoms with Gasteiger partial charge < -0.3 is 5.32 Å². The van der Waals surface area contributed by atoms with Crippen molar-refractivity contribution in [2.75, 3.05) is 26.2 Å². The molecule has 1 N–H and O–H groups in total. The number of nitrogens with one attached hydrogen (secondary N) is 1. The third-order valence-electron chi connectivity index (χ3n) is 4.37. The topological polar surface area (TPSA) is 52.7 Å². The molecule has 4 rings (SSSR count). The average Bonchev–Trinajstić information content (AvgIpc) is 3.35. The van der Waals surface area contributed by atoms with Gasteiger partial charge in [-0.3, -0.25) is 4.90 Å². The molecule has 0 radical (unpaired) electrons. The van der Waals surface area contributed by atoms with E-state index in [1.54, 1.807) is 33.6 Å². The minimum atomic E-state index is -3.33. The minimum absolute atomic E-state index is 0.168. The van der Waals surface area contributed by atoms with Crippen LogP contribution in [0.3, 0.4) is 0 Å². The molecule has 0 spiro atoms. The van der Waals surface area contributed by atoms with Crippen LogP contribution in [0.4, 0.5) is 0 Å². The molecule has 1 aromatic carbocycles. The van der Waals surface area contributed by atoms with Crippen molar-refractivity contribution in [3.05, 3.63) is 58.8 Å². The maximum Gasteiger partial charge on any atom is 0.252 e. The fraction of sp³-hybridized carbons (Fsp3) is 0.294. The highest BCUT2D eigenvalue weighted by atomic mass is 32.2. The molecule has 1 fully saturated rings. The molecule has 0 aliphatic carbocycles. The van der Waals surface area contributed by atoms with E-state index in [9.17, 15) is 8.42 Å². The fourth-order valence-corrected chi connectivity index (χ4v) is 6.61. The summed E-state index contributed by atoms with van der Waals surface area (Å²) in [6, 6.07) is 13.7. The molecule has 1 aromatic heterocycles. The van der Waals surface area contributed by atoms with Crippen LogP contribution >= 0.6 is 23.1 Å². The summed E-state index contributed by atoms with van der Waals surface area (Å²) in [6.45, 7) is 2.51. The largest absolute Gasteiger partial charge is 0.360 e. The summed E-state index contributed by atoms with van der Waals surface area (Å²) >= 11 is 3.02. The van der Waals surface area contributed by atoms with Gasteiger partial charge in [0.25, 0.3) is 10.0 Å². The highest BCUT2D eigenvalue weighted by Gasteiger charge is 2.33. The first-order valence-electron chi connectivity index (χ1n) is 8.10. The summed E-state index contributed by atoms with van der Waals surface area (Å²) < 4.78 is 27.2. The van der Waals surface area contributed by atoms with Crippen molar-refractivity contribution in [3.8, 4) is 0 Å². The second-order valence-corrected chi connectivity index (χ2v) is 9.97. The van der Waals surface area contributed by atoms with Crippen molar-refractivity contribution < 1.29 is 8.42 Å². The number of piperazine rings is 1. The van der Waals surface area contributed by atoms with Gasteiger partial charge in [0.15, 0.2) is 0 Å². The third kappa shape index (κ3) is 3.50. The standard InChI is InChI=1S/C17H19N3O2S3/c21-25(22,16-7-4-12-23-16)20-10-8-19(9-11-20)17-18-15(13-24-17)14-5-2-1-3-6-14/h1-7,12-13,17-18H,8-11H2. The molecule has 2 aromatic rings. The Morgan fingerprint density at radius 2 is 1.76 bits per heavy atom. The van der Waals surface area contributed by atoms with Crippen molar-refractivity contribution in [2.45, 2.75) is 9.71 Å². The first-order valence-corrected chi connectivity index (χ1v) is 11.4. The van der Waals surface area contributed by atoms with Crippen molar-refractivity contribution in [1.29, 1.82) is 0 Å². The van der Waals surface area contributed by atoms with E-state index in [1.165, 1.54) is 16.9 Å². The summed E-state index contributed by atoms with van der Waals surface area (Å²) in [6.07, 6.45) is 0. The quantitative estimate of drug-likeness (QED) is 0.866. The Balaban J connectivity index is 1.36. The van der Waals surface area contributed by atoms with Crippen LogP contribution < -0.4 is 5.32 Å². The van der Waals surface area contributed by atoms with Gasteiger partial charge in [-0.25, -0.2) is 8.42 Å². The zero-order valence-electron chi connectivity index (χ0n) is 13.5. The molecule has 1 saturated heterocycles. The summed E-state index contributed by atoms with van der Waals surface area (Å²) in [5.41, 5.74) is 2.47. The number of nitrogens with zero attached hydrogens (tertiary/aromatic N) is 2. The third-order valence-corrected chi connectivity index (χ3v) is 8.69.